The molecule has 1 aliphatic rings. The molecule has 0 radical (unpaired) electrons. The van der Waals surface area contributed by atoms with Crippen LogP contribution in [0.4, 0.5) is 4.79 Å². The van der Waals surface area contributed by atoms with E-state index >= 15 is 0 Å². The van der Waals surface area contributed by atoms with Gasteiger partial charge in [0.25, 0.3) is 0 Å². The number of nitrogens with zero attached hydrogens (tertiary/aromatic N) is 1. The van der Waals surface area contributed by atoms with E-state index in [-0.39, 0.29) is 18.8 Å². The molecule has 2 unspecified atom stereocenters. The highest BCUT2D eigenvalue weighted by atomic mass is 16.7. The van der Waals surface area contributed by atoms with Gasteiger partial charge in [-0.15, -0.1) is 0 Å². The zero-order valence-corrected chi connectivity index (χ0v) is 12.7. The molecule has 0 saturated carbocycles. The molecule has 21 heavy (non-hydrogen) atoms. The topological polar surface area (TPSA) is 96.3 Å². The van der Waals surface area contributed by atoms with Crippen molar-refractivity contribution >= 4 is 12.1 Å². The Morgan fingerprint density at radius 3 is 2.33 bits per heavy atom. The minimum absolute atomic E-state index is 0.185. The second kappa shape index (κ2) is 8.84. The van der Waals surface area contributed by atoms with Crippen LogP contribution in [0.1, 0.15) is 39.5 Å². The van der Waals surface area contributed by atoms with Crippen LogP contribution in [0.25, 0.3) is 0 Å². The van der Waals surface area contributed by atoms with Crippen LogP contribution in [0, 0.1) is 5.92 Å². The maximum atomic E-state index is 11.2. The number of hydrogen-bond donors (Lipinski definition) is 2. The summed E-state index contributed by atoms with van der Waals surface area (Å²) >= 11 is 0. The van der Waals surface area contributed by atoms with E-state index in [0.717, 1.165) is 11.3 Å². The van der Waals surface area contributed by atoms with Crippen molar-refractivity contribution in [2.75, 3.05) is 19.8 Å². The fraction of sp³-hybridized carbons (Fsp3) is 0.857. The third-order valence-electron chi connectivity index (χ3n) is 3.76. The van der Waals surface area contributed by atoms with Gasteiger partial charge in [-0.3, -0.25) is 4.90 Å². The summed E-state index contributed by atoms with van der Waals surface area (Å²) in [6.45, 7) is 5.21. The molecule has 7 nitrogen and oxygen atoms in total. The van der Waals surface area contributed by atoms with Crippen LogP contribution in [0.3, 0.4) is 0 Å². The summed E-state index contributed by atoms with van der Waals surface area (Å²) in [5.74, 6) is -0.890. The molecule has 1 rings (SSSR count). The van der Waals surface area contributed by atoms with E-state index in [4.69, 9.17) is 19.7 Å². The summed E-state index contributed by atoms with van der Waals surface area (Å²) in [5, 5.41) is 18.2. The van der Waals surface area contributed by atoms with Crippen LogP contribution in [0.5, 0.6) is 0 Å². The Kier molecular flexibility index (Phi) is 7.45. The van der Waals surface area contributed by atoms with Crippen molar-refractivity contribution in [3.63, 3.8) is 0 Å². The molecule has 0 bridgehead atoms. The van der Waals surface area contributed by atoms with Gasteiger partial charge in [-0.25, -0.2) is 9.59 Å². The Morgan fingerprint density at radius 1 is 1.24 bits per heavy atom. The normalized spacial score (nSPS) is 22.5. The summed E-state index contributed by atoms with van der Waals surface area (Å²) in [4.78, 5) is 23.3. The van der Waals surface area contributed by atoms with Gasteiger partial charge in [0.15, 0.2) is 6.29 Å². The number of aliphatic carboxylic acids is 1. The highest BCUT2D eigenvalue weighted by Crippen LogP contribution is 2.28. The third-order valence-corrected chi connectivity index (χ3v) is 3.76. The monoisotopic (exact) mass is 303 g/mol. The van der Waals surface area contributed by atoms with Crippen LogP contribution in [0.15, 0.2) is 0 Å². The van der Waals surface area contributed by atoms with Gasteiger partial charge in [0.05, 0.1) is 0 Å². The number of amides is 1. The summed E-state index contributed by atoms with van der Waals surface area (Å²) < 4.78 is 10.9. The third kappa shape index (κ3) is 5.51. The van der Waals surface area contributed by atoms with Crippen molar-refractivity contribution in [3.05, 3.63) is 0 Å². The fourth-order valence-corrected chi connectivity index (χ4v) is 2.72. The molecular weight excluding hydrogens is 278 g/mol. The zero-order chi connectivity index (χ0) is 15.8. The van der Waals surface area contributed by atoms with Crippen LogP contribution in [0.2, 0.25) is 0 Å². The smallest absolute Gasteiger partial charge is 0.408 e. The molecule has 0 aliphatic carbocycles. The van der Waals surface area contributed by atoms with Crippen molar-refractivity contribution < 1.29 is 29.3 Å². The lowest BCUT2D eigenvalue weighted by Crippen LogP contribution is -2.49. The number of carboxylic acid groups (broad SMARTS) is 2. The van der Waals surface area contributed by atoms with Gasteiger partial charge < -0.3 is 19.7 Å². The molecule has 2 N–H and O–H groups in total. The highest BCUT2D eigenvalue weighted by molar-refractivity contribution is 5.79. The lowest BCUT2D eigenvalue weighted by molar-refractivity contribution is -0.146. The summed E-state index contributed by atoms with van der Waals surface area (Å²) in [7, 11) is 0. The number of carboxylic acids is 1. The Bertz CT molecular complexity index is 342. The minimum atomic E-state index is -1.16. The number of likely N-dealkylation sites (tertiary alicyclic amines) is 1. The van der Waals surface area contributed by atoms with E-state index in [1.807, 2.05) is 13.8 Å². The van der Waals surface area contributed by atoms with Gasteiger partial charge >= 0.3 is 12.1 Å². The molecule has 0 aromatic carbocycles. The second-order valence-electron chi connectivity index (χ2n) is 5.14. The van der Waals surface area contributed by atoms with Crippen molar-refractivity contribution in [2.45, 2.75) is 51.9 Å². The first-order valence-corrected chi connectivity index (χ1v) is 7.45. The average molecular weight is 303 g/mol. The van der Waals surface area contributed by atoms with Gasteiger partial charge in [0.1, 0.15) is 6.04 Å². The van der Waals surface area contributed by atoms with Gasteiger partial charge in [0, 0.05) is 19.8 Å². The SMILES string of the molecule is CCOC(CCC1CCN(C(=O)O)C(C(=O)O)C1)OCC. The second-order valence-corrected chi connectivity index (χ2v) is 5.14. The first kappa shape index (κ1) is 17.7. The van der Waals surface area contributed by atoms with E-state index in [0.29, 0.717) is 32.5 Å². The number of hydrogen-bond acceptors (Lipinski definition) is 4. The fourth-order valence-electron chi connectivity index (χ4n) is 2.72. The van der Waals surface area contributed by atoms with Crippen molar-refractivity contribution in [1.82, 2.24) is 4.90 Å². The van der Waals surface area contributed by atoms with E-state index in [1.54, 1.807) is 0 Å². The van der Waals surface area contributed by atoms with Crippen molar-refractivity contribution in [2.24, 2.45) is 5.92 Å². The van der Waals surface area contributed by atoms with Crippen LogP contribution in [-0.2, 0) is 14.3 Å². The molecule has 1 heterocycles. The summed E-state index contributed by atoms with van der Waals surface area (Å²) in [6.07, 6.45) is 1.09. The Morgan fingerprint density at radius 2 is 1.86 bits per heavy atom. The lowest BCUT2D eigenvalue weighted by Gasteiger charge is -2.35. The van der Waals surface area contributed by atoms with E-state index in [1.165, 1.54) is 0 Å². The summed E-state index contributed by atoms with van der Waals surface area (Å²) in [6, 6.07) is -0.945. The number of rotatable bonds is 8. The largest absolute Gasteiger partial charge is 0.480 e. The molecule has 0 aromatic rings. The molecule has 1 amide bonds. The van der Waals surface area contributed by atoms with Gasteiger partial charge in [0.2, 0.25) is 0 Å². The zero-order valence-electron chi connectivity index (χ0n) is 12.7. The first-order valence-electron chi connectivity index (χ1n) is 7.45. The molecule has 0 spiro atoms. The number of ether oxygens (including phenoxy) is 2. The van der Waals surface area contributed by atoms with Gasteiger partial charge in [-0.1, -0.05) is 0 Å². The predicted octanol–water partition coefficient (Wildman–Crippen LogP) is 2.01. The van der Waals surface area contributed by atoms with Crippen LogP contribution in [-0.4, -0.2) is 59.3 Å². The number of carbonyl (C=O) groups is 2. The van der Waals surface area contributed by atoms with E-state index < -0.39 is 18.1 Å². The molecule has 1 saturated heterocycles. The maximum absolute atomic E-state index is 11.2. The van der Waals surface area contributed by atoms with Gasteiger partial charge in [-0.05, 0) is 45.4 Å². The van der Waals surface area contributed by atoms with Crippen LogP contribution < -0.4 is 0 Å². The quantitative estimate of drug-likeness (QED) is 0.666. The van der Waals surface area contributed by atoms with Crippen molar-refractivity contribution in [1.29, 1.82) is 0 Å². The summed E-state index contributed by atoms with van der Waals surface area (Å²) in [5.41, 5.74) is 0. The molecule has 0 aromatic heterocycles. The Hall–Kier alpha value is -1.34. The Labute approximate surface area is 124 Å². The van der Waals surface area contributed by atoms with Crippen molar-refractivity contribution in [3.8, 4) is 0 Å². The molecule has 1 fully saturated rings. The minimum Gasteiger partial charge on any atom is -0.480 e. The highest BCUT2D eigenvalue weighted by Gasteiger charge is 2.36. The number of piperidine rings is 1. The van der Waals surface area contributed by atoms with Crippen LogP contribution >= 0.6 is 0 Å². The van der Waals surface area contributed by atoms with E-state index in [9.17, 15) is 9.59 Å². The predicted molar refractivity (Wildman–Crippen MR) is 75.2 cm³/mol. The maximum Gasteiger partial charge on any atom is 0.408 e. The molecule has 2 atom stereocenters. The standard InChI is InChI=1S/C14H25NO6/c1-3-20-12(21-4-2)6-5-10-7-8-15(14(18)19)11(9-10)13(16)17/h10-12H,3-9H2,1-2H3,(H,16,17)(H,18,19). The molecule has 1 aliphatic heterocycles. The molecular formula is C14H25NO6. The Balaban J connectivity index is 2.50. The van der Waals surface area contributed by atoms with Gasteiger partial charge in [-0.2, -0.15) is 0 Å². The average Bonchev–Trinajstić information content (AvgIpc) is 2.44. The first-order chi connectivity index (χ1) is 9.99. The lowest BCUT2D eigenvalue weighted by atomic mass is 9.87. The van der Waals surface area contributed by atoms with E-state index in [2.05, 4.69) is 0 Å². The molecule has 122 valence electrons. The molecule has 7 heteroatoms.